The first kappa shape index (κ1) is 17.2. The predicted octanol–water partition coefficient (Wildman–Crippen LogP) is 3.89. The number of anilines is 2. The van der Waals surface area contributed by atoms with Gasteiger partial charge in [0.15, 0.2) is 0 Å². The number of rotatable bonds is 4. The first-order valence-electron chi connectivity index (χ1n) is 8.24. The molecule has 1 aliphatic carbocycles. The van der Waals surface area contributed by atoms with Crippen molar-refractivity contribution < 1.29 is 0 Å². The summed E-state index contributed by atoms with van der Waals surface area (Å²) in [5.74, 6) is 0. The minimum Gasteiger partial charge on any atom is -0.397 e. The Morgan fingerprint density at radius 1 is 1.27 bits per heavy atom. The van der Waals surface area contributed by atoms with Crippen molar-refractivity contribution >= 4 is 22.7 Å². The second-order valence-electron chi connectivity index (χ2n) is 5.88. The molecule has 2 aromatic rings. The van der Waals surface area contributed by atoms with Crippen LogP contribution in [0.5, 0.6) is 0 Å². The van der Waals surface area contributed by atoms with Gasteiger partial charge in [0.2, 0.25) is 0 Å². The Kier molecular flexibility index (Phi) is 4.95. The molecule has 1 aromatic carbocycles. The van der Waals surface area contributed by atoms with Gasteiger partial charge in [-0.2, -0.15) is 5.26 Å². The summed E-state index contributed by atoms with van der Waals surface area (Å²) in [4.78, 5) is 4.41. The van der Waals surface area contributed by atoms with E-state index in [9.17, 15) is 5.26 Å². The molecule has 0 amide bonds. The molecule has 4 N–H and O–H groups in total. The molecule has 0 saturated carbocycles. The van der Waals surface area contributed by atoms with E-state index in [4.69, 9.17) is 11.1 Å². The third-order valence-electron chi connectivity index (χ3n) is 4.12. The van der Waals surface area contributed by atoms with Crippen LogP contribution in [0, 0.1) is 16.7 Å². The van der Waals surface area contributed by atoms with Gasteiger partial charge in [-0.25, -0.2) is 0 Å². The molecule has 0 aliphatic heterocycles. The van der Waals surface area contributed by atoms with Crippen LogP contribution in [0.3, 0.4) is 0 Å². The quantitative estimate of drug-likeness (QED) is 0.735. The van der Waals surface area contributed by atoms with Crippen molar-refractivity contribution in [2.24, 2.45) is 0 Å². The lowest BCUT2D eigenvalue weighted by atomic mass is 9.97. The number of nitrogens with one attached hydrogen (secondary N) is 2. The van der Waals surface area contributed by atoms with E-state index >= 15 is 0 Å². The zero-order chi connectivity index (χ0) is 18.5. The van der Waals surface area contributed by atoms with Crippen LogP contribution in [0.2, 0.25) is 0 Å². The third-order valence-corrected chi connectivity index (χ3v) is 4.12. The summed E-state index contributed by atoms with van der Waals surface area (Å²) in [6.45, 7) is 0. The van der Waals surface area contributed by atoms with Crippen molar-refractivity contribution in [2.45, 2.75) is 6.42 Å². The maximum Gasteiger partial charge on any atom is 0.0992 e. The number of nitrogen functional groups attached to an aromatic ring is 1. The van der Waals surface area contributed by atoms with E-state index in [1.165, 1.54) is 0 Å². The SMILES string of the molecule is CNc1cc(C#N)cc(C(=N)c2cc(C3=CC=CCC=C3)ncc2N)c1. The van der Waals surface area contributed by atoms with Gasteiger partial charge in [0.25, 0.3) is 0 Å². The fourth-order valence-corrected chi connectivity index (χ4v) is 2.73. The molecule has 1 aromatic heterocycles. The first-order valence-corrected chi connectivity index (χ1v) is 8.24. The Bertz CT molecular complexity index is 990. The van der Waals surface area contributed by atoms with Gasteiger partial charge in [0.05, 0.1) is 34.9 Å². The van der Waals surface area contributed by atoms with Gasteiger partial charge >= 0.3 is 0 Å². The summed E-state index contributed by atoms with van der Waals surface area (Å²) in [6.07, 6.45) is 12.6. The first-order chi connectivity index (χ1) is 12.6. The lowest BCUT2D eigenvalue weighted by Gasteiger charge is -2.12. The molecular formula is C21H19N5. The normalized spacial score (nSPS) is 12.8. The minimum absolute atomic E-state index is 0.258. The molecule has 5 heteroatoms. The van der Waals surface area contributed by atoms with Crippen LogP contribution in [0.4, 0.5) is 11.4 Å². The van der Waals surface area contributed by atoms with Crippen LogP contribution in [0.15, 0.2) is 60.8 Å². The number of aromatic nitrogens is 1. The molecule has 0 spiro atoms. The average molecular weight is 341 g/mol. The molecule has 0 saturated heterocycles. The van der Waals surface area contributed by atoms with E-state index < -0.39 is 0 Å². The maximum absolute atomic E-state index is 9.23. The van der Waals surface area contributed by atoms with Crippen molar-refractivity contribution in [2.75, 3.05) is 18.1 Å². The molecular weight excluding hydrogens is 322 g/mol. The van der Waals surface area contributed by atoms with E-state index in [0.717, 1.165) is 23.4 Å². The molecule has 128 valence electrons. The van der Waals surface area contributed by atoms with Gasteiger partial charge in [0.1, 0.15) is 0 Å². The molecule has 5 nitrogen and oxygen atoms in total. The third kappa shape index (κ3) is 3.55. The van der Waals surface area contributed by atoms with Gasteiger partial charge in [0, 0.05) is 23.9 Å². The fraction of sp³-hybridized carbons (Fsp3) is 0.0952. The molecule has 26 heavy (non-hydrogen) atoms. The van der Waals surface area contributed by atoms with E-state index in [-0.39, 0.29) is 5.71 Å². The van der Waals surface area contributed by atoms with Gasteiger partial charge in [-0.15, -0.1) is 0 Å². The van der Waals surface area contributed by atoms with Gasteiger partial charge < -0.3 is 11.1 Å². The van der Waals surface area contributed by atoms with Gasteiger partial charge in [-0.05, 0) is 36.3 Å². The number of benzene rings is 1. The highest BCUT2D eigenvalue weighted by Gasteiger charge is 2.13. The van der Waals surface area contributed by atoms with Crippen LogP contribution in [0.1, 0.15) is 28.8 Å². The predicted molar refractivity (Wildman–Crippen MR) is 106 cm³/mol. The number of nitriles is 1. The highest BCUT2D eigenvalue weighted by atomic mass is 14.8. The molecule has 1 aliphatic rings. The number of hydrogen-bond acceptors (Lipinski definition) is 5. The van der Waals surface area contributed by atoms with E-state index in [2.05, 4.69) is 28.5 Å². The van der Waals surface area contributed by atoms with Crippen LogP contribution in [-0.4, -0.2) is 17.7 Å². The molecule has 0 atom stereocenters. The molecule has 0 bridgehead atoms. The van der Waals surface area contributed by atoms with Crippen molar-refractivity contribution in [1.82, 2.24) is 4.98 Å². The van der Waals surface area contributed by atoms with E-state index in [1.807, 2.05) is 30.4 Å². The lowest BCUT2D eigenvalue weighted by molar-refractivity contribution is 1.27. The van der Waals surface area contributed by atoms with E-state index in [0.29, 0.717) is 22.4 Å². The van der Waals surface area contributed by atoms with Gasteiger partial charge in [-0.3, -0.25) is 10.4 Å². The monoisotopic (exact) mass is 341 g/mol. The number of hydrogen-bond donors (Lipinski definition) is 3. The summed E-state index contributed by atoms with van der Waals surface area (Å²) >= 11 is 0. The smallest absolute Gasteiger partial charge is 0.0992 e. The summed E-state index contributed by atoms with van der Waals surface area (Å²) < 4.78 is 0. The molecule has 0 unspecified atom stereocenters. The molecule has 1 heterocycles. The summed E-state index contributed by atoms with van der Waals surface area (Å²) in [6, 6.07) is 9.21. The van der Waals surface area contributed by atoms with Crippen molar-refractivity contribution in [3.63, 3.8) is 0 Å². The van der Waals surface area contributed by atoms with Crippen LogP contribution in [-0.2, 0) is 0 Å². The Balaban J connectivity index is 2.05. The van der Waals surface area contributed by atoms with Crippen LogP contribution < -0.4 is 11.1 Å². The van der Waals surface area contributed by atoms with Crippen LogP contribution >= 0.6 is 0 Å². The number of allylic oxidation sites excluding steroid dienone is 6. The molecule has 3 rings (SSSR count). The van der Waals surface area contributed by atoms with Crippen molar-refractivity contribution in [1.29, 1.82) is 10.7 Å². The standard InChI is InChI=1S/C21H19N5/c1-25-17-9-14(12-22)8-16(10-17)21(24)18-11-20(26-13-19(18)23)15-6-4-2-3-5-7-15/h2,4-11,13,24-25H,3,23H2,1H3. The minimum atomic E-state index is 0.258. The average Bonchev–Trinajstić information content (AvgIpc) is 2.97. The second kappa shape index (κ2) is 7.49. The van der Waals surface area contributed by atoms with Crippen LogP contribution in [0.25, 0.3) is 5.57 Å². The zero-order valence-corrected chi connectivity index (χ0v) is 14.5. The zero-order valence-electron chi connectivity index (χ0n) is 14.5. The van der Waals surface area contributed by atoms with Crippen molar-refractivity contribution in [3.8, 4) is 6.07 Å². The van der Waals surface area contributed by atoms with Crippen molar-refractivity contribution in [3.05, 3.63) is 83.2 Å². The number of pyridine rings is 1. The topological polar surface area (TPSA) is 98.6 Å². The lowest BCUT2D eigenvalue weighted by Crippen LogP contribution is -2.08. The Morgan fingerprint density at radius 2 is 2.12 bits per heavy atom. The Morgan fingerprint density at radius 3 is 2.88 bits per heavy atom. The number of nitrogens with two attached hydrogens (primary N) is 1. The number of nitrogens with zero attached hydrogens (tertiary/aromatic N) is 2. The Labute approximate surface area is 152 Å². The molecule has 0 radical (unpaired) electrons. The fourth-order valence-electron chi connectivity index (χ4n) is 2.73. The molecule has 0 fully saturated rings. The second-order valence-corrected chi connectivity index (χ2v) is 5.88. The van der Waals surface area contributed by atoms with E-state index in [1.54, 1.807) is 25.4 Å². The summed E-state index contributed by atoms with van der Waals surface area (Å²) in [7, 11) is 1.78. The summed E-state index contributed by atoms with van der Waals surface area (Å²) in [5, 5.41) is 20.9. The Hall–Kier alpha value is -3.65. The maximum atomic E-state index is 9.23. The highest BCUT2D eigenvalue weighted by molar-refractivity contribution is 6.14. The summed E-state index contributed by atoms with van der Waals surface area (Å²) in [5.41, 5.74) is 11.0. The largest absolute Gasteiger partial charge is 0.397 e. The highest BCUT2D eigenvalue weighted by Crippen LogP contribution is 2.24. The van der Waals surface area contributed by atoms with Gasteiger partial charge in [-0.1, -0.05) is 30.4 Å².